The van der Waals surface area contributed by atoms with Gasteiger partial charge in [-0.15, -0.1) is 0 Å². The average Bonchev–Trinajstić information content (AvgIpc) is 2.36. The van der Waals surface area contributed by atoms with Crippen LogP contribution in [-0.4, -0.2) is 36.6 Å². The van der Waals surface area contributed by atoms with Gasteiger partial charge in [-0.2, -0.15) is 0 Å². The van der Waals surface area contributed by atoms with Crippen LogP contribution in [0.25, 0.3) is 0 Å². The van der Waals surface area contributed by atoms with Gasteiger partial charge in [0.2, 0.25) is 0 Å². The Morgan fingerprint density at radius 2 is 1.68 bits per heavy atom. The van der Waals surface area contributed by atoms with Crippen LogP contribution in [0.3, 0.4) is 0 Å². The molecule has 114 valence electrons. The van der Waals surface area contributed by atoms with Gasteiger partial charge in [0.1, 0.15) is 0 Å². The lowest BCUT2D eigenvalue weighted by molar-refractivity contribution is 0.101. The Bertz CT molecular complexity index is 225. The molecule has 1 aliphatic rings. The normalized spacial score (nSPS) is 27.3. The van der Waals surface area contributed by atoms with Gasteiger partial charge < -0.3 is 5.32 Å². The predicted molar refractivity (Wildman–Crippen MR) is 85.6 cm³/mol. The lowest BCUT2D eigenvalue weighted by atomic mass is 9.89. The molecule has 0 bridgehead atoms. The van der Waals surface area contributed by atoms with Crippen LogP contribution in [-0.2, 0) is 0 Å². The summed E-state index contributed by atoms with van der Waals surface area (Å²) in [5, 5.41) is 3.82. The van der Waals surface area contributed by atoms with E-state index in [1.54, 1.807) is 0 Å². The summed E-state index contributed by atoms with van der Waals surface area (Å²) in [5.41, 5.74) is 0. The van der Waals surface area contributed by atoms with Crippen molar-refractivity contribution in [1.29, 1.82) is 0 Å². The Labute approximate surface area is 121 Å². The fourth-order valence-corrected chi connectivity index (χ4v) is 3.29. The van der Waals surface area contributed by atoms with Gasteiger partial charge in [-0.25, -0.2) is 0 Å². The first-order valence-electron chi connectivity index (χ1n) is 8.53. The largest absolute Gasteiger partial charge is 0.312 e. The van der Waals surface area contributed by atoms with Gasteiger partial charge in [-0.1, -0.05) is 46.5 Å². The fraction of sp³-hybridized carbons (Fsp3) is 1.00. The van der Waals surface area contributed by atoms with Crippen molar-refractivity contribution in [3.8, 4) is 0 Å². The molecule has 0 aliphatic heterocycles. The third-order valence-electron chi connectivity index (χ3n) is 5.02. The number of nitrogens with one attached hydrogen (secondary N) is 1. The van der Waals surface area contributed by atoms with E-state index in [4.69, 9.17) is 0 Å². The molecule has 1 rings (SSSR count). The molecule has 1 N–H and O–H groups in total. The van der Waals surface area contributed by atoms with E-state index < -0.39 is 0 Å². The van der Waals surface area contributed by atoms with E-state index in [-0.39, 0.29) is 0 Å². The van der Waals surface area contributed by atoms with Gasteiger partial charge in [-0.05, 0) is 45.7 Å². The zero-order valence-corrected chi connectivity index (χ0v) is 13.9. The van der Waals surface area contributed by atoms with Gasteiger partial charge in [0.15, 0.2) is 0 Å². The summed E-state index contributed by atoms with van der Waals surface area (Å²) < 4.78 is 0. The topological polar surface area (TPSA) is 15.3 Å². The third-order valence-corrected chi connectivity index (χ3v) is 5.02. The number of hydrogen-bond acceptors (Lipinski definition) is 2. The molecule has 0 spiro atoms. The predicted octanol–water partition coefficient (Wildman–Crippen LogP) is 4.05. The molecular weight excluding hydrogens is 232 g/mol. The first kappa shape index (κ1) is 17.0. The Morgan fingerprint density at radius 3 is 2.26 bits per heavy atom. The van der Waals surface area contributed by atoms with Crippen molar-refractivity contribution in [3.05, 3.63) is 0 Å². The van der Waals surface area contributed by atoms with E-state index in [2.05, 4.69) is 45.0 Å². The molecule has 2 heteroatoms. The van der Waals surface area contributed by atoms with E-state index in [0.717, 1.165) is 12.0 Å². The first-order valence-corrected chi connectivity index (χ1v) is 8.53. The number of rotatable bonds is 6. The van der Waals surface area contributed by atoms with Crippen molar-refractivity contribution in [2.45, 2.75) is 90.8 Å². The molecule has 19 heavy (non-hydrogen) atoms. The fourth-order valence-electron chi connectivity index (χ4n) is 3.29. The molecule has 0 amide bonds. The minimum atomic E-state index is 0.676. The van der Waals surface area contributed by atoms with E-state index in [9.17, 15) is 0 Å². The highest BCUT2D eigenvalue weighted by atomic mass is 15.2. The highest BCUT2D eigenvalue weighted by Gasteiger charge is 2.29. The summed E-state index contributed by atoms with van der Waals surface area (Å²) in [7, 11) is 2.34. The number of nitrogens with zero attached hydrogens (tertiary/aromatic N) is 1. The zero-order valence-electron chi connectivity index (χ0n) is 13.9. The summed E-state index contributed by atoms with van der Waals surface area (Å²) in [4.78, 5) is 2.66. The Balaban J connectivity index is 2.68. The highest BCUT2D eigenvalue weighted by Crippen LogP contribution is 2.24. The van der Waals surface area contributed by atoms with E-state index in [1.165, 1.54) is 51.5 Å². The molecule has 0 aromatic rings. The molecule has 0 radical (unpaired) electrons. The van der Waals surface area contributed by atoms with Crippen molar-refractivity contribution in [2.75, 3.05) is 13.6 Å². The molecule has 3 unspecified atom stereocenters. The van der Waals surface area contributed by atoms with E-state index in [1.807, 2.05) is 0 Å². The molecular formula is C17H36N2. The van der Waals surface area contributed by atoms with Gasteiger partial charge in [0.25, 0.3) is 0 Å². The second-order valence-electron chi connectivity index (χ2n) is 6.77. The molecule has 3 atom stereocenters. The molecule has 1 aliphatic carbocycles. The van der Waals surface area contributed by atoms with Crippen LogP contribution in [0, 0.1) is 5.92 Å². The molecule has 0 aromatic carbocycles. The lowest BCUT2D eigenvalue weighted by Gasteiger charge is -2.41. The minimum Gasteiger partial charge on any atom is -0.312 e. The Hall–Kier alpha value is -0.0800. The first-order chi connectivity index (χ1) is 9.07. The van der Waals surface area contributed by atoms with Gasteiger partial charge in [-0.3, -0.25) is 4.90 Å². The molecule has 1 saturated carbocycles. The van der Waals surface area contributed by atoms with Gasteiger partial charge in [0.05, 0.1) is 0 Å². The van der Waals surface area contributed by atoms with Crippen molar-refractivity contribution < 1.29 is 0 Å². The summed E-state index contributed by atoms with van der Waals surface area (Å²) in [6, 6.07) is 2.10. The molecule has 2 nitrogen and oxygen atoms in total. The molecule has 1 fully saturated rings. The second-order valence-corrected chi connectivity index (χ2v) is 6.77. The zero-order chi connectivity index (χ0) is 14.3. The third kappa shape index (κ3) is 5.43. The molecule has 0 aromatic heterocycles. The maximum atomic E-state index is 3.82. The SMILES string of the molecule is CCCNC1CCCCCCC1N(C)C(C)C(C)C. The summed E-state index contributed by atoms with van der Waals surface area (Å²) in [6.45, 7) is 10.5. The van der Waals surface area contributed by atoms with Crippen molar-refractivity contribution >= 4 is 0 Å². The Kier molecular flexibility index (Phi) is 8.01. The van der Waals surface area contributed by atoms with Crippen LogP contribution in [0.15, 0.2) is 0 Å². The maximum absolute atomic E-state index is 3.82. The monoisotopic (exact) mass is 268 g/mol. The van der Waals surface area contributed by atoms with Crippen LogP contribution in [0.4, 0.5) is 0 Å². The molecule has 0 heterocycles. The number of likely N-dealkylation sites (N-methyl/N-ethyl adjacent to an activating group) is 1. The number of hydrogen-bond donors (Lipinski definition) is 1. The second kappa shape index (κ2) is 8.97. The summed E-state index contributed by atoms with van der Waals surface area (Å²) in [5.74, 6) is 0.738. The van der Waals surface area contributed by atoms with Crippen LogP contribution < -0.4 is 5.32 Å². The summed E-state index contributed by atoms with van der Waals surface area (Å²) in [6.07, 6.45) is 9.65. The average molecular weight is 268 g/mol. The summed E-state index contributed by atoms with van der Waals surface area (Å²) >= 11 is 0. The van der Waals surface area contributed by atoms with Crippen LogP contribution in [0.5, 0.6) is 0 Å². The lowest BCUT2D eigenvalue weighted by Crippen LogP contribution is -2.53. The standard InChI is InChI=1S/C17H36N2/c1-6-13-18-16-11-9-7-8-10-12-17(16)19(5)15(4)14(2)3/h14-18H,6-13H2,1-5H3. The van der Waals surface area contributed by atoms with Crippen LogP contribution >= 0.6 is 0 Å². The highest BCUT2D eigenvalue weighted by molar-refractivity contribution is 4.87. The van der Waals surface area contributed by atoms with E-state index >= 15 is 0 Å². The van der Waals surface area contributed by atoms with E-state index in [0.29, 0.717) is 12.1 Å². The van der Waals surface area contributed by atoms with Crippen molar-refractivity contribution in [1.82, 2.24) is 10.2 Å². The van der Waals surface area contributed by atoms with Gasteiger partial charge in [0, 0.05) is 18.1 Å². The maximum Gasteiger partial charge on any atom is 0.0249 e. The Morgan fingerprint density at radius 1 is 1.05 bits per heavy atom. The van der Waals surface area contributed by atoms with Crippen LogP contribution in [0.1, 0.15) is 72.6 Å². The molecule has 0 saturated heterocycles. The minimum absolute atomic E-state index is 0.676. The van der Waals surface area contributed by atoms with Gasteiger partial charge >= 0.3 is 0 Å². The quantitative estimate of drug-likeness (QED) is 0.781. The smallest absolute Gasteiger partial charge is 0.0249 e. The van der Waals surface area contributed by atoms with Crippen LogP contribution in [0.2, 0.25) is 0 Å². The van der Waals surface area contributed by atoms with Crippen molar-refractivity contribution in [2.24, 2.45) is 5.92 Å². The van der Waals surface area contributed by atoms with Crippen molar-refractivity contribution in [3.63, 3.8) is 0 Å².